The van der Waals surface area contributed by atoms with E-state index in [1.54, 1.807) is 6.20 Å². The molecule has 3 aromatic heterocycles. The van der Waals surface area contributed by atoms with E-state index in [0.717, 1.165) is 16.4 Å². The molecule has 29 heavy (non-hydrogen) atoms. The van der Waals surface area contributed by atoms with Crippen LogP contribution in [-0.2, 0) is 6.54 Å². The molecule has 0 spiro atoms. The molecule has 3 aromatic rings. The minimum Gasteiger partial charge on any atom is -0.352 e. The lowest BCUT2D eigenvalue weighted by atomic mass is 9.96. The molecule has 1 N–H and O–H groups in total. The largest absolute Gasteiger partial charge is 0.352 e. The highest BCUT2D eigenvalue weighted by Crippen LogP contribution is 2.42. The van der Waals surface area contributed by atoms with Gasteiger partial charge in [-0.2, -0.15) is 0 Å². The number of hydrogen-bond donors (Lipinski definition) is 1. The molecule has 1 aliphatic rings. The summed E-state index contributed by atoms with van der Waals surface area (Å²) in [4.78, 5) is 11.2. The number of aromatic nitrogens is 3. The van der Waals surface area contributed by atoms with E-state index in [9.17, 15) is 0 Å². The maximum atomic E-state index is 5.79. The van der Waals surface area contributed by atoms with E-state index in [1.165, 1.54) is 17.0 Å². The Bertz CT molecular complexity index is 997. The van der Waals surface area contributed by atoms with Gasteiger partial charge in [0.15, 0.2) is 5.11 Å². The van der Waals surface area contributed by atoms with Gasteiger partial charge in [0.05, 0.1) is 17.8 Å². The molecule has 0 aromatic carbocycles. The van der Waals surface area contributed by atoms with E-state index in [-0.39, 0.29) is 12.1 Å². The van der Waals surface area contributed by atoms with E-state index in [0.29, 0.717) is 12.6 Å². The standard InChI is InChI=1S/C23H27N5S/c1-15(2)28-16(3)12-19(17(28)4)22-21(20-9-5-6-11-25-20)26-23(29)27(22)14-18-8-7-10-24-13-18/h5-13,15,21-22H,14H2,1-4H3,(H,26,29)/t21-,22-/m1/s1. The third-order valence-electron chi connectivity index (χ3n) is 5.63. The molecule has 4 heterocycles. The van der Waals surface area contributed by atoms with Crippen molar-refractivity contribution in [2.24, 2.45) is 0 Å². The fourth-order valence-electron chi connectivity index (χ4n) is 4.50. The number of thiocarbonyl (C=S) groups is 1. The van der Waals surface area contributed by atoms with Crippen LogP contribution in [0.5, 0.6) is 0 Å². The van der Waals surface area contributed by atoms with Gasteiger partial charge in [-0.1, -0.05) is 12.1 Å². The summed E-state index contributed by atoms with van der Waals surface area (Å²) >= 11 is 5.79. The molecule has 2 atom stereocenters. The lowest BCUT2D eigenvalue weighted by Crippen LogP contribution is -2.29. The van der Waals surface area contributed by atoms with Gasteiger partial charge in [0.2, 0.25) is 0 Å². The Morgan fingerprint density at radius 1 is 1.14 bits per heavy atom. The smallest absolute Gasteiger partial charge is 0.170 e. The van der Waals surface area contributed by atoms with Gasteiger partial charge in [-0.25, -0.2) is 0 Å². The zero-order chi connectivity index (χ0) is 20.5. The first-order valence-electron chi connectivity index (χ1n) is 10.0. The maximum Gasteiger partial charge on any atom is 0.170 e. The van der Waals surface area contributed by atoms with E-state index >= 15 is 0 Å². The first kappa shape index (κ1) is 19.6. The van der Waals surface area contributed by atoms with Crippen molar-refractivity contribution < 1.29 is 0 Å². The predicted octanol–water partition coefficient (Wildman–Crippen LogP) is 4.65. The number of pyridine rings is 2. The van der Waals surface area contributed by atoms with Gasteiger partial charge < -0.3 is 14.8 Å². The van der Waals surface area contributed by atoms with Crippen LogP contribution in [0.1, 0.15) is 60.2 Å². The third kappa shape index (κ3) is 3.65. The molecule has 0 bridgehead atoms. The number of nitrogens with one attached hydrogen (secondary N) is 1. The molecule has 6 heteroatoms. The second kappa shape index (κ2) is 7.95. The van der Waals surface area contributed by atoms with Crippen LogP contribution in [0, 0.1) is 13.8 Å². The Morgan fingerprint density at radius 3 is 2.59 bits per heavy atom. The molecule has 1 fully saturated rings. The highest BCUT2D eigenvalue weighted by Gasteiger charge is 2.41. The van der Waals surface area contributed by atoms with Gasteiger partial charge in [0.25, 0.3) is 0 Å². The van der Waals surface area contributed by atoms with Crippen LogP contribution in [-0.4, -0.2) is 24.5 Å². The molecular weight excluding hydrogens is 378 g/mol. The summed E-state index contributed by atoms with van der Waals surface area (Å²) < 4.78 is 2.40. The van der Waals surface area contributed by atoms with Crippen molar-refractivity contribution in [1.82, 2.24) is 24.8 Å². The molecular formula is C23H27N5S. The van der Waals surface area contributed by atoms with E-state index < -0.39 is 0 Å². The minimum atomic E-state index is 0.00137. The average molecular weight is 406 g/mol. The van der Waals surface area contributed by atoms with E-state index in [4.69, 9.17) is 12.2 Å². The summed E-state index contributed by atoms with van der Waals surface area (Å²) in [7, 11) is 0. The number of nitrogens with zero attached hydrogens (tertiary/aromatic N) is 4. The molecule has 150 valence electrons. The Kier molecular flexibility index (Phi) is 5.37. The Labute approximate surface area is 177 Å². The van der Waals surface area contributed by atoms with Crippen molar-refractivity contribution in [1.29, 1.82) is 0 Å². The lowest BCUT2D eigenvalue weighted by Gasteiger charge is -2.28. The van der Waals surface area contributed by atoms with Gasteiger partial charge in [-0.3, -0.25) is 9.97 Å². The molecule has 4 rings (SSSR count). The van der Waals surface area contributed by atoms with Crippen LogP contribution < -0.4 is 5.32 Å². The topological polar surface area (TPSA) is 46.0 Å². The number of aryl methyl sites for hydroxylation is 1. The van der Waals surface area contributed by atoms with Crippen molar-refractivity contribution in [3.63, 3.8) is 0 Å². The SMILES string of the molecule is Cc1cc([C@@H]2[C@@H](c3ccccn3)NC(=S)N2Cc2cccnc2)c(C)n1C(C)C. The van der Waals surface area contributed by atoms with Gasteiger partial charge >= 0.3 is 0 Å². The second-order valence-corrected chi connectivity index (χ2v) is 8.29. The second-order valence-electron chi connectivity index (χ2n) is 7.91. The Hall–Kier alpha value is -2.73. The van der Waals surface area contributed by atoms with E-state index in [1.807, 2.05) is 30.6 Å². The van der Waals surface area contributed by atoms with Crippen LogP contribution in [0.3, 0.4) is 0 Å². The monoisotopic (exact) mass is 405 g/mol. The van der Waals surface area contributed by atoms with Crippen molar-refractivity contribution in [2.45, 2.75) is 52.4 Å². The lowest BCUT2D eigenvalue weighted by molar-refractivity contribution is 0.309. The summed E-state index contributed by atoms with van der Waals surface area (Å²) in [5.74, 6) is 0. The molecule has 0 radical (unpaired) electrons. The highest BCUT2D eigenvalue weighted by atomic mass is 32.1. The molecule has 0 saturated carbocycles. The highest BCUT2D eigenvalue weighted by molar-refractivity contribution is 7.80. The van der Waals surface area contributed by atoms with Crippen LogP contribution in [0.25, 0.3) is 0 Å². The fourth-order valence-corrected chi connectivity index (χ4v) is 4.80. The zero-order valence-corrected chi connectivity index (χ0v) is 18.1. The molecule has 5 nitrogen and oxygen atoms in total. The molecule has 0 aliphatic carbocycles. The summed E-state index contributed by atoms with van der Waals surface area (Å²) in [6.45, 7) is 9.55. The van der Waals surface area contributed by atoms with Crippen LogP contribution >= 0.6 is 12.2 Å². The van der Waals surface area contributed by atoms with Gasteiger partial charge in [-0.05, 0) is 75.3 Å². The van der Waals surface area contributed by atoms with Gasteiger partial charge in [-0.15, -0.1) is 0 Å². The Balaban J connectivity index is 1.81. The fraction of sp³-hybridized carbons (Fsp3) is 0.348. The first-order valence-corrected chi connectivity index (χ1v) is 10.4. The summed E-state index contributed by atoms with van der Waals surface area (Å²) in [6, 6.07) is 12.9. The van der Waals surface area contributed by atoms with Crippen molar-refractivity contribution in [2.75, 3.05) is 0 Å². The van der Waals surface area contributed by atoms with E-state index in [2.05, 4.69) is 70.6 Å². The van der Waals surface area contributed by atoms with Crippen LogP contribution in [0.2, 0.25) is 0 Å². The quantitative estimate of drug-likeness (QED) is 0.626. The number of rotatable bonds is 5. The maximum absolute atomic E-state index is 5.79. The minimum absolute atomic E-state index is 0.00137. The van der Waals surface area contributed by atoms with Crippen LogP contribution in [0.4, 0.5) is 0 Å². The number of hydrogen-bond acceptors (Lipinski definition) is 3. The van der Waals surface area contributed by atoms with Crippen molar-refractivity contribution in [3.05, 3.63) is 83.2 Å². The Morgan fingerprint density at radius 2 is 1.97 bits per heavy atom. The van der Waals surface area contributed by atoms with Gasteiger partial charge in [0.1, 0.15) is 0 Å². The van der Waals surface area contributed by atoms with Crippen molar-refractivity contribution >= 4 is 17.3 Å². The molecule has 1 aliphatic heterocycles. The molecule has 0 amide bonds. The molecule has 1 saturated heterocycles. The average Bonchev–Trinajstić information content (AvgIpc) is 3.19. The third-order valence-corrected chi connectivity index (χ3v) is 5.98. The zero-order valence-electron chi connectivity index (χ0n) is 17.3. The van der Waals surface area contributed by atoms with Crippen LogP contribution in [0.15, 0.2) is 55.0 Å². The summed E-state index contributed by atoms with van der Waals surface area (Å²) in [6.07, 6.45) is 5.55. The predicted molar refractivity (Wildman–Crippen MR) is 120 cm³/mol. The van der Waals surface area contributed by atoms with Crippen molar-refractivity contribution in [3.8, 4) is 0 Å². The summed E-state index contributed by atoms with van der Waals surface area (Å²) in [5, 5.41) is 4.29. The first-order chi connectivity index (χ1) is 14.0. The normalized spacial score (nSPS) is 19.1. The summed E-state index contributed by atoms with van der Waals surface area (Å²) in [5.41, 5.74) is 5.99. The molecule has 0 unspecified atom stereocenters. The van der Waals surface area contributed by atoms with Gasteiger partial charge in [0, 0.05) is 42.6 Å².